The van der Waals surface area contributed by atoms with Gasteiger partial charge in [0.25, 0.3) is 0 Å². The lowest BCUT2D eigenvalue weighted by molar-refractivity contribution is -0.141. The molecule has 0 bridgehead atoms. The van der Waals surface area contributed by atoms with Crippen molar-refractivity contribution in [3.8, 4) is 0 Å². The first-order chi connectivity index (χ1) is 9.52. The normalized spacial score (nSPS) is 18.4. The summed E-state index contributed by atoms with van der Waals surface area (Å²) in [4.78, 5) is 25.1. The average molecular weight is 316 g/mol. The number of carbonyl (C=O) groups is 2. The number of rotatable bonds is 4. The van der Waals surface area contributed by atoms with Crippen molar-refractivity contribution in [2.24, 2.45) is 5.92 Å². The molecule has 0 saturated carbocycles. The second-order valence-electron chi connectivity index (χ2n) is 4.69. The van der Waals surface area contributed by atoms with Gasteiger partial charge in [-0.2, -0.15) is 0 Å². The summed E-state index contributed by atoms with van der Waals surface area (Å²) in [5.41, 5.74) is 0.741. The van der Waals surface area contributed by atoms with E-state index in [1.807, 2.05) is 0 Å². The maximum absolute atomic E-state index is 12.3. The van der Waals surface area contributed by atoms with Gasteiger partial charge in [0.1, 0.15) is 0 Å². The van der Waals surface area contributed by atoms with Gasteiger partial charge in [-0.15, -0.1) is 0 Å². The van der Waals surface area contributed by atoms with Crippen LogP contribution in [0.1, 0.15) is 19.3 Å². The third-order valence-electron chi connectivity index (χ3n) is 3.46. The lowest BCUT2D eigenvalue weighted by atomic mass is 10.0. The van der Waals surface area contributed by atoms with Crippen LogP contribution in [0.25, 0.3) is 0 Å². The summed E-state index contributed by atoms with van der Waals surface area (Å²) in [6, 6.07) is 5.13. The number of amides is 1. The second-order valence-corrected chi connectivity index (χ2v) is 5.50. The Kier molecular flexibility index (Phi) is 4.89. The highest BCUT2D eigenvalue weighted by molar-refractivity contribution is 6.42. The Labute approximate surface area is 127 Å². The van der Waals surface area contributed by atoms with Crippen molar-refractivity contribution in [3.05, 3.63) is 28.2 Å². The number of methoxy groups -OCH3 is 1. The fraction of sp³-hybridized carbons (Fsp3) is 0.429. The number of anilines is 1. The maximum atomic E-state index is 12.3. The number of ether oxygens (including phenoxy) is 1. The molecule has 1 atom stereocenters. The first-order valence-electron chi connectivity index (χ1n) is 6.36. The number of carbonyl (C=O) groups excluding carboxylic acids is 2. The van der Waals surface area contributed by atoms with Gasteiger partial charge in [-0.3, -0.25) is 9.59 Å². The SMILES string of the molecule is COC(=O)CCC1CCN(c2ccc(Cl)c(Cl)c2)C1=O. The Morgan fingerprint density at radius 1 is 1.40 bits per heavy atom. The summed E-state index contributed by atoms with van der Waals surface area (Å²) < 4.78 is 4.59. The molecule has 108 valence electrons. The van der Waals surface area contributed by atoms with Crippen LogP contribution < -0.4 is 4.90 Å². The molecule has 1 amide bonds. The molecule has 1 fully saturated rings. The van der Waals surface area contributed by atoms with Crippen LogP contribution in [0.2, 0.25) is 10.0 Å². The number of halogens is 2. The van der Waals surface area contributed by atoms with Crippen molar-refractivity contribution >= 4 is 40.8 Å². The molecule has 1 aromatic carbocycles. The molecule has 0 aromatic heterocycles. The van der Waals surface area contributed by atoms with Crippen LogP contribution in [0, 0.1) is 5.92 Å². The van der Waals surface area contributed by atoms with Gasteiger partial charge in [-0.1, -0.05) is 23.2 Å². The molecule has 0 N–H and O–H groups in total. The maximum Gasteiger partial charge on any atom is 0.305 e. The van der Waals surface area contributed by atoms with Crippen molar-refractivity contribution in [1.29, 1.82) is 0 Å². The molecule has 0 radical (unpaired) electrons. The Morgan fingerprint density at radius 2 is 2.15 bits per heavy atom. The Bertz CT molecular complexity index is 533. The van der Waals surface area contributed by atoms with Crippen LogP contribution >= 0.6 is 23.2 Å². The van der Waals surface area contributed by atoms with Crippen LogP contribution in [-0.2, 0) is 14.3 Å². The van der Waals surface area contributed by atoms with Gasteiger partial charge in [0, 0.05) is 24.6 Å². The first kappa shape index (κ1) is 15.1. The largest absolute Gasteiger partial charge is 0.469 e. The zero-order chi connectivity index (χ0) is 14.7. The number of hydrogen-bond donors (Lipinski definition) is 0. The van der Waals surface area contributed by atoms with Gasteiger partial charge in [-0.25, -0.2) is 0 Å². The smallest absolute Gasteiger partial charge is 0.305 e. The summed E-state index contributed by atoms with van der Waals surface area (Å²) >= 11 is 11.8. The van der Waals surface area contributed by atoms with Crippen LogP contribution in [-0.4, -0.2) is 25.5 Å². The zero-order valence-electron chi connectivity index (χ0n) is 11.1. The van der Waals surface area contributed by atoms with Gasteiger partial charge < -0.3 is 9.64 Å². The molecule has 0 spiro atoms. The fourth-order valence-corrected chi connectivity index (χ4v) is 2.60. The Balaban J connectivity index is 2.03. The van der Waals surface area contributed by atoms with Crippen molar-refractivity contribution < 1.29 is 14.3 Å². The Hall–Kier alpha value is -1.26. The molecule has 1 aliphatic heterocycles. The number of esters is 1. The lowest BCUT2D eigenvalue weighted by Gasteiger charge is -2.17. The summed E-state index contributed by atoms with van der Waals surface area (Å²) in [5.74, 6) is -0.401. The van der Waals surface area contributed by atoms with Gasteiger partial charge in [-0.05, 0) is 31.0 Å². The summed E-state index contributed by atoms with van der Waals surface area (Å²) in [5, 5.41) is 0.888. The molecular formula is C14H15Cl2NO3. The Morgan fingerprint density at radius 3 is 2.80 bits per heavy atom. The molecule has 4 nitrogen and oxygen atoms in total. The van der Waals surface area contributed by atoms with E-state index in [-0.39, 0.29) is 24.2 Å². The highest BCUT2D eigenvalue weighted by Gasteiger charge is 2.32. The van der Waals surface area contributed by atoms with E-state index >= 15 is 0 Å². The van der Waals surface area contributed by atoms with E-state index in [2.05, 4.69) is 4.74 Å². The third-order valence-corrected chi connectivity index (χ3v) is 4.19. The van der Waals surface area contributed by atoms with Crippen LogP contribution in [0.4, 0.5) is 5.69 Å². The van der Waals surface area contributed by atoms with E-state index in [4.69, 9.17) is 23.2 Å². The molecule has 1 unspecified atom stereocenters. The molecule has 1 aliphatic rings. The van der Waals surface area contributed by atoms with E-state index in [0.717, 1.165) is 12.1 Å². The van der Waals surface area contributed by atoms with Gasteiger partial charge >= 0.3 is 5.97 Å². The second kappa shape index (κ2) is 6.46. The topological polar surface area (TPSA) is 46.6 Å². The van der Waals surface area contributed by atoms with Crippen LogP contribution in [0.15, 0.2) is 18.2 Å². The van der Waals surface area contributed by atoms with E-state index in [1.165, 1.54) is 7.11 Å². The average Bonchev–Trinajstić information content (AvgIpc) is 2.80. The van der Waals surface area contributed by atoms with E-state index in [0.29, 0.717) is 23.0 Å². The molecule has 2 rings (SSSR count). The summed E-state index contributed by atoms with van der Waals surface area (Å²) in [7, 11) is 1.35. The molecule has 1 aromatic rings. The quantitative estimate of drug-likeness (QED) is 0.801. The summed E-state index contributed by atoms with van der Waals surface area (Å²) in [6.45, 7) is 0.628. The predicted molar refractivity (Wildman–Crippen MR) is 78.2 cm³/mol. The molecular weight excluding hydrogens is 301 g/mol. The minimum absolute atomic E-state index is 0.0206. The molecule has 20 heavy (non-hydrogen) atoms. The van der Waals surface area contributed by atoms with E-state index in [9.17, 15) is 9.59 Å². The zero-order valence-corrected chi connectivity index (χ0v) is 12.6. The molecule has 0 aliphatic carbocycles. The number of nitrogens with zero attached hydrogens (tertiary/aromatic N) is 1. The minimum atomic E-state index is -0.286. The number of benzene rings is 1. The van der Waals surface area contributed by atoms with E-state index in [1.54, 1.807) is 23.1 Å². The highest BCUT2D eigenvalue weighted by atomic mass is 35.5. The highest BCUT2D eigenvalue weighted by Crippen LogP contribution is 2.32. The standard InChI is InChI=1S/C14H15Cl2NO3/c1-20-13(18)5-2-9-6-7-17(14(9)19)10-3-4-11(15)12(16)8-10/h3-4,8-9H,2,5-7H2,1H3. The van der Waals surface area contributed by atoms with Crippen LogP contribution in [0.3, 0.4) is 0 Å². The lowest BCUT2D eigenvalue weighted by Crippen LogP contribution is -2.27. The number of hydrogen-bond acceptors (Lipinski definition) is 3. The van der Waals surface area contributed by atoms with Crippen molar-refractivity contribution in [2.45, 2.75) is 19.3 Å². The first-order valence-corrected chi connectivity index (χ1v) is 7.11. The van der Waals surface area contributed by atoms with Gasteiger partial charge in [0.2, 0.25) is 5.91 Å². The van der Waals surface area contributed by atoms with Crippen molar-refractivity contribution in [1.82, 2.24) is 0 Å². The molecule has 1 saturated heterocycles. The van der Waals surface area contributed by atoms with Gasteiger partial charge in [0.15, 0.2) is 0 Å². The monoisotopic (exact) mass is 315 g/mol. The van der Waals surface area contributed by atoms with Gasteiger partial charge in [0.05, 0.1) is 17.2 Å². The minimum Gasteiger partial charge on any atom is -0.469 e. The fourth-order valence-electron chi connectivity index (χ4n) is 2.31. The summed E-state index contributed by atoms with van der Waals surface area (Å²) in [6.07, 6.45) is 1.52. The molecule has 6 heteroatoms. The van der Waals surface area contributed by atoms with Crippen LogP contribution in [0.5, 0.6) is 0 Å². The van der Waals surface area contributed by atoms with Crippen molar-refractivity contribution in [2.75, 3.05) is 18.6 Å². The predicted octanol–water partition coefficient (Wildman–Crippen LogP) is 3.30. The van der Waals surface area contributed by atoms with Crippen molar-refractivity contribution in [3.63, 3.8) is 0 Å². The molecule has 1 heterocycles. The van der Waals surface area contributed by atoms with E-state index < -0.39 is 0 Å². The third kappa shape index (κ3) is 3.25.